The van der Waals surface area contributed by atoms with Gasteiger partial charge in [0.2, 0.25) is 11.8 Å². The zero-order valence-corrected chi connectivity index (χ0v) is 37.9. The van der Waals surface area contributed by atoms with Crippen molar-refractivity contribution in [1.29, 1.82) is 0 Å². The highest BCUT2D eigenvalue weighted by molar-refractivity contribution is 9.10. The summed E-state index contributed by atoms with van der Waals surface area (Å²) in [5.74, 6) is -0.280. The standard InChI is InChI=1S/C47H57BrN4O8Si/c1-5-59-37-18-20-40-34(25-37)26-39(49-21-9-10-23-53)45(56)52(40)36-16-13-33(14-17-36)30-51-41-19-15-35(48)27-38(41)47(46(51)57)31(2)44(61(3,4)58)42(60-47)28-43(55)50(22-24-54)29-32-11-7-6-8-12-32/h6-8,11-20,25,27,31,39,42,44,49,53-54,58H,5,9-10,21-24,26,28-30H2,1-4H3/t31-,39?,42+,44-,47+/m0/s1. The van der Waals surface area contributed by atoms with Crippen LogP contribution in [-0.4, -0.2) is 91.0 Å². The second kappa shape index (κ2) is 18.9. The maximum atomic E-state index is 15.1. The van der Waals surface area contributed by atoms with Crippen molar-refractivity contribution >= 4 is 59.0 Å². The lowest BCUT2D eigenvalue weighted by Crippen LogP contribution is -2.49. The fourth-order valence-electron chi connectivity index (χ4n) is 9.58. The van der Waals surface area contributed by atoms with Crippen LogP contribution in [0.1, 0.15) is 55.4 Å². The Balaban J connectivity index is 1.16. The third-order valence-corrected chi connectivity index (χ3v) is 15.3. The van der Waals surface area contributed by atoms with Crippen LogP contribution in [0.5, 0.6) is 5.75 Å². The Labute approximate surface area is 367 Å². The van der Waals surface area contributed by atoms with Crippen molar-refractivity contribution in [2.45, 2.75) is 89.0 Å². The summed E-state index contributed by atoms with van der Waals surface area (Å²) in [6.07, 6.45) is 1.11. The number of benzene rings is 4. The van der Waals surface area contributed by atoms with E-state index in [9.17, 15) is 24.6 Å². The van der Waals surface area contributed by atoms with E-state index in [1.165, 1.54) is 0 Å². The zero-order chi connectivity index (χ0) is 43.5. The first-order valence-corrected chi connectivity index (χ1v) is 25.1. The van der Waals surface area contributed by atoms with Crippen molar-refractivity contribution in [2.75, 3.05) is 42.7 Å². The number of ether oxygens (including phenoxy) is 2. The summed E-state index contributed by atoms with van der Waals surface area (Å²) in [6, 6.07) is 28.3. The molecule has 1 saturated heterocycles. The largest absolute Gasteiger partial charge is 0.494 e. The third kappa shape index (κ3) is 9.08. The van der Waals surface area contributed by atoms with E-state index in [0.717, 1.165) is 39.0 Å². The molecule has 0 aromatic heterocycles. The molecule has 3 aliphatic heterocycles. The van der Waals surface area contributed by atoms with Gasteiger partial charge in [0.1, 0.15) is 5.75 Å². The Morgan fingerprint density at radius 3 is 2.39 bits per heavy atom. The van der Waals surface area contributed by atoms with Gasteiger partial charge < -0.3 is 39.6 Å². The van der Waals surface area contributed by atoms with Crippen LogP contribution >= 0.6 is 15.9 Å². The van der Waals surface area contributed by atoms with Crippen LogP contribution in [-0.2, 0) is 44.2 Å². The molecule has 0 aliphatic carbocycles. The Hall–Kier alpha value is -4.41. The Morgan fingerprint density at radius 2 is 1.70 bits per heavy atom. The molecule has 5 atom stereocenters. The van der Waals surface area contributed by atoms with Crippen LogP contribution < -0.4 is 19.9 Å². The van der Waals surface area contributed by atoms with Crippen molar-refractivity contribution in [2.24, 2.45) is 5.92 Å². The van der Waals surface area contributed by atoms with E-state index >= 15 is 4.79 Å². The summed E-state index contributed by atoms with van der Waals surface area (Å²) in [7, 11) is -3.06. The highest BCUT2D eigenvalue weighted by atomic mass is 79.9. The summed E-state index contributed by atoms with van der Waals surface area (Å²) >= 11 is 3.63. The summed E-state index contributed by atoms with van der Waals surface area (Å²) < 4.78 is 13.5. The van der Waals surface area contributed by atoms with Crippen LogP contribution in [0, 0.1) is 5.92 Å². The Morgan fingerprint density at radius 1 is 0.967 bits per heavy atom. The normalized spacial score (nSPS) is 22.2. The van der Waals surface area contributed by atoms with Crippen molar-refractivity contribution in [3.63, 3.8) is 0 Å². The van der Waals surface area contributed by atoms with Gasteiger partial charge in [0.15, 0.2) is 13.9 Å². The minimum atomic E-state index is -3.06. The second-order valence-electron chi connectivity index (χ2n) is 16.8. The fraction of sp³-hybridized carbons (Fsp3) is 0.426. The predicted octanol–water partition coefficient (Wildman–Crippen LogP) is 6.56. The number of nitrogens with one attached hydrogen (secondary N) is 1. The number of nitrogens with zero attached hydrogens (tertiary/aromatic N) is 3. The maximum absolute atomic E-state index is 15.1. The van der Waals surface area contributed by atoms with E-state index in [2.05, 4.69) is 21.2 Å². The summed E-state index contributed by atoms with van der Waals surface area (Å²) in [6.45, 7) is 9.27. The molecule has 0 saturated carbocycles. The molecule has 0 radical (unpaired) electrons. The Bertz CT molecular complexity index is 2210. The number of carbonyl (C=O) groups excluding carboxylic acids is 3. The predicted molar refractivity (Wildman–Crippen MR) is 241 cm³/mol. The van der Waals surface area contributed by atoms with Gasteiger partial charge in [-0.05, 0) is 111 Å². The number of halogens is 1. The van der Waals surface area contributed by atoms with Crippen molar-refractivity contribution in [1.82, 2.24) is 10.2 Å². The van der Waals surface area contributed by atoms with Gasteiger partial charge in [-0.3, -0.25) is 19.3 Å². The van der Waals surface area contributed by atoms with E-state index in [-0.39, 0.29) is 50.4 Å². The fourth-order valence-corrected chi connectivity index (χ4v) is 12.5. The van der Waals surface area contributed by atoms with Gasteiger partial charge >= 0.3 is 0 Å². The number of carbonyl (C=O) groups is 3. The van der Waals surface area contributed by atoms with E-state index in [1.54, 1.807) is 14.7 Å². The SMILES string of the molecule is CCOc1ccc2c(c1)CC(NCCCCO)C(=O)N2c1ccc(CN2C(=O)[C@]3(O[C@H](CC(=O)N(CCO)Cc4ccccc4)[C@@H]([Si](C)(C)O)[C@@H]3C)c3cc(Br)ccc32)cc1. The molecule has 7 rings (SSSR count). The lowest BCUT2D eigenvalue weighted by Gasteiger charge is -2.35. The molecule has 3 heterocycles. The molecule has 4 aromatic carbocycles. The molecular weight excluding hydrogens is 857 g/mol. The van der Waals surface area contributed by atoms with E-state index in [0.29, 0.717) is 49.5 Å². The molecule has 12 nitrogen and oxygen atoms in total. The Kier molecular flexibility index (Phi) is 13.8. The molecule has 1 fully saturated rings. The molecule has 4 N–H and O–H groups in total. The molecule has 1 spiro atoms. The highest BCUT2D eigenvalue weighted by Gasteiger charge is 2.66. The number of fused-ring (bicyclic) bond motifs is 3. The maximum Gasteiger partial charge on any atom is 0.264 e. The molecule has 61 heavy (non-hydrogen) atoms. The van der Waals surface area contributed by atoms with Crippen LogP contribution in [0.15, 0.2) is 95.5 Å². The monoisotopic (exact) mass is 912 g/mol. The van der Waals surface area contributed by atoms with E-state index in [1.807, 2.05) is 118 Å². The average Bonchev–Trinajstić information content (AvgIpc) is 3.65. The van der Waals surface area contributed by atoms with Gasteiger partial charge in [-0.25, -0.2) is 0 Å². The number of amides is 3. The molecule has 4 aromatic rings. The third-order valence-electron chi connectivity index (χ3n) is 12.3. The summed E-state index contributed by atoms with van der Waals surface area (Å²) in [5, 5.41) is 22.6. The van der Waals surface area contributed by atoms with Gasteiger partial charge in [-0.15, -0.1) is 0 Å². The summed E-state index contributed by atoms with van der Waals surface area (Å²) in [4.78, 5) is 60.2. The molecule has 1 unspecified atom stereocenters. The van der Waals surface area contributed by atoms with Gasteiger partial charge in [-0.2, -0.15) is 0 Å². The lowest BCUT2D eigenvalue weighted by atomic mass is 9.82. The number of hydrogen-bond acceptors (Lipinski definition) is 9. The van der Waals surface area contributed by atoms with Crippen LogP contribution in [0.25, 0.3) is 0 Å². The number of unbranched alkanes of at least 4 members (excludes halogenated alkanes) is 1. The minimum Gasteiger partial charge on any atom is -0.494 e. The van der Waals surface area contributed by atoms with Gasteiger partial charge in [-0.1, -0.05) is 65.3 Å². The van der Waals surface area contributed by atoms with E-state index in [4.69, 9.17) is 9.47 Å². The van der Waals surface area contributed by atoms with Crippen LogP contribution in [0.3, 0.4) is 0 Å². The first-order valence-electron chi connectivity index (χ1n) is 21.3. The van der Waals surface area contributed by atoms with Gasteiger partial charge in [0.05, 0.1) is 49.7 Å². The van der Waals surface area contributed by atoms with Crippen LogP contribution in [0.2, 0.25) is 18.6 Å². The number of anilines is 3. The number of aliphatic hydroxyl groups excluding tert-OH is 2. The number of hydrogen-bond donors (Lipinski definition) is 4. The van der Waals surface area contributed by atoms with Crippen LogP contribution in [0.4, 0.5) is 17.1 Å². The van der Waals surface area contributed by atoms with Crippen molar-refractivity contribution in [3.8, 4) is 5.75 Å². The van der Waals surface area contributed by atoms with Crippen molar-refractivity contribution < 1.29 is 38.9 Å². The number of rotatable bonds is 17. The molecule has 14 heteroatoms. The highest BCUT2D eigenvalue weighted by Crippen LogP contribution is 2.60. The molecular formula is C47H57BrN4O8Si. The molecule has 0 bridgehead atoms. The van der Waals surface area contributed by atoms with E-state index < -0.39 is 37.5 Å². The molecule has 3 aliphatic rings. The second-order valence-corrected chi connectivity index (χ2v) is 21.7. The lowest BCUT2D eigenvalue weighted by molar-refractivity contribution is -0.150. The smallest absolute Gasteiger partial charge is 0.264 e. The van der Waals surface area contributed by atoms with Gasteiger partial charge in [0, 0.05) is 46.9 Å². The summed E-state index contributed by atoms with van der Waals surface area (Å²) in [5.41, 5.74) is 3.70. The quantitative estimate of drug-likeness (QED) is 0.0683. The van der Waals surface area contributed by atoms with Crippen molar-refractivity contribution in [3.05, 3.63) is 118 Å². The number of aliphatic hydroxyl groups is 2. The molecule has 3 amide bonds. The first-order chi connectivity index (χ1) is 29.3. The zero-order valence-electron chi connectivity index (χ0n) is 35.4. The average molecular weight is 914 g/mol. The first kappa shape index (κ1) is 44.6. The minimum absolute atomic E-state index is 0.0526. The topological polar surface area (TPSA) is 152 Å². The van der Waals surface area contributed by atoms with Gasteiger partial charge in [0.25, 0.3) is 5.91 Å². The molecule has 324 valence electrons.